The molecule has 0 heterocycles. The number of rotatable bonds is 5. The van der Waals surface area contributed by atoms with Crippen LogP contribution in [0.25, 0.3) is 0 Å². The minimum atomic E-state index is -0.521. The van der Waals surface area contributed by atoms with Gasteiger partial charge in [0, 0.05) is 28.7 Å². The van der Waals surface area contributed by atoms with Gasteiger partial charge in [0.15, 0.2) is 0 Å². The summed E-state index contributed by atoms with van der Waals surface area (Å²) in [4.78, 5) is 24.3. The zero-order valence-electron chi connectivity index (χ0n) is 11.9. The Morgan fingerprint density at radius 3 is 2.55 bits per heavy atom. The van der Waals surface area contributed by atoms with Gasteiger partial charge in [-0.25, -0.2) is 0 Å². The number of nitrogens with one attached hydrogen (secondary N) is 1. The number of carbonyl (C=O) groups is 1. The summed E-state index contributed by atoms with van der Waals surface area (Å²) in [5.74, 6) is -0.337. The van der Waals surface area contributed by atoms with Crippen molar-refractivity contribution in [2.75, 3.05) is 20.6 Å². The molecular weight excluding hydrogens is 326 g/mol. The largest absolute Gasteiger partial charge is 0.350 e. The minimum absolute atomic E-state index is 0.106. The molecule has 1 aromatic rings. The molecule has 0 bridgehead atoms. The van der Waals surface area contributed by atoms with E-state index in [2.05, 4.69) is 21.2 Å². The molecule has 0 aliphatic rings. The van der Waals surface area contributed by atoms with Crippen molar-refractivity contribution < 1.29 is 9.72 Å². The van der Waals surface area contributed by atoms with Crippen molar-refractivity contribution in [2.45, 2.75) is 19.4 Å². The van der Waals surface area contributed by atoms with E-state index in [0.717, 1.165) is 0 Å². The van der Waals surface area contributed by atoms with Crippen molar-refractivity contribution in [1.29, 1.82) is 0 Å². The molecule has 0 atom stereocenters. The number of halogens is 1. The molecule has 0 aromatic heterocycles. The SMILES string of the molecule is CN(C)C(C)(C)CNC(=O)c1cc([N+](=O)[O-])ccc1Br. The zero-order chi connectivity index (χ0) is 15.5. The second-order valence-electron chi connectivity index (χ2n) is 5.31. The number of hydrogen-bond donors (Lipinski definition) is 1. The second-order valence-corrected chi connectivity index (χ2v) is 6.17. The van der Waals surface area contributed by atoms with E-state index in [4.69, 9.17) is 0 Å². The molecule has 0 aliphatic carbocycles. The molecule has 0 saturated heterocycles. The first-order valence-electron chi connectivity index (χ1n) is 6.05. The lowest BCUT2D eigenvalue weighted by atomic mass is 10.0. The fraction of sp³-hybridized carbons (Fsp3) is 0.462. The number of non-ortho nitro benzene ring substituents is 1. The number of hydrogen-bond acceptors (Lipinski definition) is 4. The van der Waals surface area contributed by atoms with E-state index in [1.54, 1.807) is 0 Å². The van der Waals surface area contributed by atoms with Crippen LogP contribution in [0.4, 0.5) is 5.69 Å². The fourth-order valence-corrected chi connectivity index (χ4v) is 1.78. The summed E-state index contributed by atoms with van der Waals surface area (Å²) in [6.45, 7) is 4.43. The van der Waals surface area contributed by atoms with Gasteiger partial charge >= 0.3 is 0 Å². The lowest BCUT2D eigenvalue weighted by Gasteiger charge is -2.32. The Labute approximate surface area is 126 Å². The number of amides is 1. The van der Waals surface area contributed by atoms with Crippen LogP contribution in [-0.4, -0.2) is 41.9 Å². The molecule has 1 amide bonds. The Bertz CT molecular complexity index is 530. The van der Waals surface area contributed by atoms with Crippen LogP contribution < -0.4 is 5.32 Å². The average molecular weight is 344 g/mol. The molecule has 0 aliphatic heterocycles. The quantitative estimate of drug-likeness (QED) is 0.658. The highest BCUT2D eigenvalue weighted by molar-refractivity contribution is 9.10. The van der Waals surface area contributed by atoms with Gasteiger partial charge in [0.2, 0.25) is 0 Å². The third kappa shape index (κ3) is 4.01. The van der Waals surface area contributed by atoms with Crippen LogP contribution in [0.3, 0.4) is 0 Å². The van der Waals surface area contributed by atoms with Gasteiger partial charge in [-0.05, 0) is 49.9 Å². The Morgan fingerprint density at radius 1 is 1.45 bits per heavy atom. The maximum absolute atomic E-state index is 12.1. The van der Waals surface area contributed by atoms with Gasteiger partial charge in [0.1, 0.15) is 0 Å². The van der Waals surface area contributed by atoms with E-state index >= 15 is 0 Å². The maximum Gasteiger partial charge on any atom is 0.270 e. The molecule has 1 N–H and O–H groups in total. The first-order chi connectivity index (χ1) is 9.15. The number of nitrogens with zero attached hydrogens (tertiary/aromatic N) is 2. The number of nitro benzene ring substituents is 1. The minimum Gasteiger partial charge on any atom is -0.350 e. The van der Waals surface area contributed by atoms with E-state index in [1.165, 1.54) is 18.2 Å². The molecule has 0 fully saturated rings. The predicted molar refractivity (Wildman–Crippen MR) is 80.9 cm³/mol. The van der Waals surface area contributed by atoms with Gasteiger partial charge < -0.3 is 10.2 Å². The summed E-state index contributed by atoms with van der Waals surface area (Å²) in [7, 11) is 3.85. The van der Waals surface area contributed by atoms with Crippen molar-refractivity contribution in [2.24, 2.45) is 0 Å². The molecule has 0 radical (unpaired) electrons. The summed E-state index contributed by atoms with van der Waals surface area (Å²) >= 11 is 3.24. The third-order valence-corrected chi connectivity index (χ3v) is 3.99. The van der Waals surface area contributed by atoms with Crippen LogP contribution in [0.2, 0.25) is 0 Å². The third-order valence-electron chi connectivity index (χ3n) is 3.30. The molecule has 1 aromatic carbocycles. The predicted octanol–water partition coefficient (Wildman–Crippen LogP) is 2.43. The normalized spacial score (nSPS) is 11.5. The highest BCUT2D eigenvalue weighted by Gasteiger charge is 2.22. The van der Waals surface area contributed by atoms with Crippen LogP contribution >= 0.6 is 15.9 Å². The summed E-state index contributed by atoms with van der Waals surface area (Å²) in [5.41, 5.74) is -0.0537. The summed E-state index contributed by atoms with van der Waals surface area (Å²) < 4.78 is 0.531. The molecule has 0 saturated carbocycles. The standard InChI is InChI=1S/C13H18BrN3O3/c1-13(2,16(3)4)8-15-12(18)10-7-9(17(19)20)5-6-11(10)14/h5-7H,8H2,1-4H3,(H,15,18). The molecule has 6 nitrogen and oxygen atoms in total. The number of nitro groups is 1. The van der Waals surface area contributed by atoms with Crippen molar-refractivity contribution in [3.8, 4) is 0 Å². The van der Waals surface area contributed by atoms with E-state index in [9.17, 15) is 14.9 Å². The van der Waals surface area contributed by atoms with Gasteiger partial charge in [0.25, 0.3) is 11.6 Å². The smallest absolute Gasteiger partial charge is 0.270 e. The first kappa shape index (κ1) is 16.6. The maximum atomic E-state index is 12.1. The zero-order valence-corrected chi connectivity index (χ0v) is 13.5. The van der Waals surface area contributed by atoms with Gasteiger partial charge in [0.05, 0.1) is 10.5 Å². The van der Waals surface area contributed by atoms with E-state index in [-0.39, 0.29) is 22.7 Å². The van der Waals surface area contributed by atoms with Gasteiger partial charge in [-0.15, -0.1) is 0 Å². The molecule has 1 rings (SSSR count). The Kier molecular flexibility index (Phi) is 5.24. The Balaban J connectivity index is 2.88. The van der Waals surface area contributed by atoms with Crippen molar-refractivity contribution in [3.05, 3.63) is 38.3 Å². The Morgan fingerprint density at radius 2 is 2.05 bits per heavy atom. The molecule has 7 heteroatoms. The van der Waals surface area contributed by atoms with Crippen molar-refractivity contribution in [1.82, 2.24) is 10.2 Å². The van der Waals surface area contributed by atoms with E-state index in [1.807, 2.05) is 32.8 Å². The lowest BCUT2D eigenvalue weighted by Crippen LogP contribution is -2.48. The van der Waals surface area contributed by atoms with Crippen LogP contribution in [0.5, 0.6) is 0 Å². The van der Waals surface area contributed by atoms with Crippen LogP contribution in [0.1, 0.15) is 24.2 Å². The van der Waals surface area contributed by atoms with Gasteiger partial charge in [-0.3, -0.25) is 14.9 Å². The van der Waals surface area contributed by atoms with Crippen molar-refractivity contribution in [3.63, 3.8) is 0 Å². The molecule has 110 valence electrons. The van der Waals surface area contributed by atoms with E-state index < -0.39 is 4.92 Å². The second kappa shape index (κ2) is 6.32. The van der Waals surface area contributed by atoms with Crippen LogP contribution in [0.15, 0.2) is 22.7 Å². The van der Waals surface area contributed by atoms with Gasteiger partial charge in [-0.1, -0.05) is 0 Å². The summed E-state index contributed by atoms with van der Waals surface area (Å²) in [6, 6.07) is 4.12. The molecule has 0 unspecified atom stereocenters. The fourth-order valence-electron chi connectivity index (χ4n) is 1.35. The highest BCUT2D eigenvalue weighted by Crippen LogP contribution is 2.22. The topological polar surface area (TPSA) is 75.5 Å². The number of carbonyl (C=O) groups excluding carboxylic acids is 1. The first-order valence-corrected chi connectivity index (χ1v) is 6.84. The lowest BCUT2D eigenvalue weighted by molar-refractivity contribution is -0.384. The molecule has 20 heavy (non-hydrogen) atoms. The molecule has 0 spiro atoms. The summed E-state index contributed by atoms with van der Waals surface area (Å²) in [6.07, 6.45) is 0. The molecular formula is C13H18BrN3O3. The Hall–Kier alpha value is -1.47. The van der Waals surface area contributed by atoms with Crippen LogP contribution in [0, 0.1) is 10.1 Å². The highest BCUT2D eigenvalue weighted by atomic mass is 79.9. The number of benzene rings is 1. The number of likely N-dealkylation sites (N-methyl/N-ethyl adjacent to an activating group) is 1. The van der Waals surface area contributed by atoms with E-state index in [0.29, 0.717) is 11.0 Å². The summed E-state index contributed by atoms with van der Waals surface area (Å²) in [5, 5.41) is 13.5. The van der Waals surface area contributed by atoms with Gasteiger partial charge in [-0.2, -0.15) is 0 Å². The van der Waals surface area contributed by atoms with Crippen molar-refractivity contribution >= 4 is 27.5 Å². The van der Waals surface area contributed by atoms with Crippen LogP contribution in [-0.2, 0) is 0 Å². The average Bonchev–Trinajstić information content (AvgIpc) is 2.36. The monoisotopic (exact) mass is 343 g/mol.